The Morgan fingerprint density at radius 1 is 0.537 bits per heavy atom. The van der Waals surface area contributed by atoms with Gasteiger partial charge in [0.05, 0.1) is 18.8 Å². The summed E-state index contributed by atoms with van der Waals surface area (Å²) in [5, 5.41) is 0. The first-order valence-corrected chi connectivity index (χ1v) is 19.7. The van der Waals surface area contributed by atoms with E-state index in [1.807, 2.05) is 54.6 Å². The molecule has 0 spiro atoms. The third-order valence-electron chi connectivity index (χ3n) is 8.97. The zero-order valence-corrected chi connectivity index (χ0v) is 32.2. The van der Waals surface area contributed by atoms with Crippen LogP contribution in [0, 0.1) is 0 Å². The smallest absolute Gasteiger partial charge is 0.341 e. The van der Waals surface area contributed by atoms with Gasteiger partial charge in [-0.3, -0.25) is 4.79 Å². The maximum absolute atomic E-state index is 12.7. The molecule has 0 aliphatic heterocycles. The normalized spacial score (nSPS) is 10.8. The third-order valence-corrected chi connectivity index (χ3v) is 8.97. The number of aryl methyl sites for hydroxylation is 1. The molecular formula is C46H58O8. The van der Waals surface area contributed by atoms with Crippen molar-refractivity contribution in [3.05, 3.63) is 119 Å². The molecule has 0 N–H and O–H groups in total. The van der Waals surface area contributed by atoms with Crippen molar-refractivity contribution < 1.29 is 38.0 Å². The molecule has 0 bridgehead atoms. The van der Waals surface area contributed by atoms with E-state index in [2.05, 4.69) is 37.3 Å². The summed E-state index contributed by atoms with van der Waals surface area (Å²) in [5.74, 6) is 1.50. The highest BCUT2D eigenvalue weighted by Gasteiger charge is 2.14. The Balaban J connectivity index is 1.26. The Kier molecular flexibility index (Phi) is 19.4. The lowest BCUT2D eigenvalue weighted by Gasteiger charge is -2.17. The molecule has 0 aliphatic rings. The van der Waals surface area contributed by atoms with Crippen LogP contribution in [0.3, 0.4) is 0 Å². The van der Waals surface area contributed by atoms with E-state index in [9.17, 15) is 9.59 Å². The molecule has 4 rings (SSSR count). The number of carbonyl (C=O) groups is 2. The average molecular weight is 739 g/mol. The topological polar surface area (TPSA) is 89.5 Å². The van der Waals surface area contributed by atoms with E-state index in [-0.39, 0.29) is 5.56 Å². The van der Waals surface area contributed by atoms with Crippen molar-refractivity contribution >= 4 is 11.9 Å². The fourth-order valence-corrected chi connectivity index (χ4v) is 5.99. The molecule has 0 aliphatic carbocycles. The van der Waals surface area contributed by atoms with E-state index in [4.69, 9.17) is 28.4 Å². The van der Waals surface area contributed by atoms with Crippen molar-refractivity contribution in [1.82, 2.24) is 0 Å². The van der Waals surface area contributed by atoms with Gasteiger partial charge >= 0.3 is 11.9 Å². The predicted octanol–water partition coefficient (Wildman–Crippen LogP) is 11.2. The second-order valence-electron chi connectivity index (χ2n) is 13.5. The molecule has 8 nitrogen and oxygen atoms in total. The molecule has 0 unspecified atom stereocenters. The summed E-state index contributed by atoms with van der Waals surface area (Å²) in [6.07, 6.45) is 14.4. The third kappa shape index (κ3) is 16.4. The largest absolute Gasteiger partial charge is 0.493 e. The minimum Gasteiger partial charge on any atom is -0.493 e. The van der Waals surface area contributed by atoms with Crippen LogP contribution in [-0.2, 0) is 33.9 Å². The highest BCUT2D eigenvalue weighted by atomic mass is 16.7. The Morgan fingerprint density at radius 3 is 1.69 bits per heavy atom. The number of carbonyl (C=O) groups excluding carboxylic acids is 2. The van der Waals surface area contributed by atoms with Crippen LogP contribution in [-0.4, -0.2) is 31.9 Å². The van der Waals surface area contributed by atoms with Crippen molar-refractivity contribution in [3.63, 3.8) is 0 Å². The van der Waals surface area contributed by atoms with Crippen molar-refractivity contribution in [2.45, 2.75) is 111 Å². The quantitative estimate of drug-likeness (QED) is 0.0339. The molecule has 4 aromatic carbocycles. The first-order valence-electron chi connectivity index (χ1n) is 19.7. The summed E-state index contributed by atoms with van der Waals surface area (Å²) in [5.41, 5.74) is 3.62. The molecule has 0 radical (unpaired) electrons. The van der Waals surface area contributed by atoms with Gasteiger partial charge in [-0.1, -0.05) is 138 Å². The van der Waals surface area contributed by atoms with Crippen molar-refractivity contribution in [1.29, 1.82) is 0 Å². The number of hydrogen-bond acceptors (Lipinski definition) is 8. The van der Waals surface area contributed by atoms with Crippen LogP contribution in [0.5, 0.6) is 23.0 Å². The zero-order chi connectivity index (χ0) is 38.1. The Hall–Kier alpha value is -4.98. The van der Waals surface area contributed by atoms with E-state index in [1.54, 1.807) is 12.1 Å². The molecule has 0 aromatic heterocycles. The SMILES string of the molecule is CCCCCCCCCCOc1cc(OCCCCCCc2cccc(OCc3ccccc3)c2OCc2ccccc2)cc(C(=O)OCOC(C)=O)c1. The molecule has 0 atom stereocenters. The summed E-state index contributed by atoms with van der Waals surface area (Å²) in [6, 6.07) is 31.6. The minimum absolute atomic E-state index is 0.283. The number of benzene rings is 4. The second-order valence-corrected chi connectivity index (χ2v) is 13.5. The van der Waals surface area contributed by atoms with Crippen molar-refractivity contribution in [2.24, 2.45) is 0 Å². The van der Waals surface area contributed by atoms with Crippen LogP contribution in [0.15, 0.2) is 97.1 Å². The number of esters is 2. The number of unbranched alkanes of at least 4 members (excludes halogenated alkanes) is 10. The lowest BCUT2D eigenvalue weighted by Crippen LogP contribution is -2.11. The van der Waals surface area contributed by atoms with Gasteiger partial charge in [0.2, 0.25) is 6.79 Å². The van der Waals surface area contributed by atoms with Gasteiger partial charge in [-0.15, -0.1) is 0 Å². The van der Waals surface area contributed by atoms with E-state index in [0.29, 0.717) is 37.9 Å². The highest BCUT2D eigenvalue weighted by molar-refractivity contribution is 5.90. The molecule has 54 heavy (non-hydrogen) atoms. The second kappa shape index (κ2) is 25.1. The van der Waals surface area contributed by atoms with E-state index < -0.39 is 18.7 Å². The van der Waals surface area contributed by atoms with Gasteiger partial charge in [0.15, 0.2) is 11.5 Å². The lowest BCUT2D eigenvalue weighted by atomic mass is 10.0. The zero-order valence-electron chi connectivity index (χ0n) is 32.2. The predicted molar refractivity (Wildman–Crippen MR) is 212 cm³/mol. The van der Waals surface area contributed by atoms with E-state index in [1.165, 1.54) is 45.4 Å². The average Bonchev–Trinajstić information content (AvgIpc) is 3.19. The monoisotopic (exact) mass is 738 g/mol. The van der Waals surface area contributed by atoms with Gasteiger partial charge in [-0.2, -0.15) is 0 Å². The summed E-state index contributed by atoms with van der Waals surface area (Å²) < 4.78 is 34.7. The molecule has 290 valence electrons. The molecule has 0 saturated heterocycles. The van der Waals surface area contributed by atoms with Gasteiger partial charge in [-0.05, 0) is 60.6 Å². The first-order chi connectivity index (χ1) is 26.5. The van der Waals surface area contributed by atoms with Gasteiger partial charge in [0.1, 0.15) is 24.7 Å². The van der Waals surface area contributed by atoms with Crippen LogP contribution in [0.4, 0.5) is 0 Å². The van der Waals surface area contributed by atoms with Gasteiger partial charge in [0, 0.05) is 13.0 Å². The van der Waals surface area contributed by atoms with Gasteiger partial charge < -0.3 is 28.4 Å². The van der Waals surface area contributed by atoms with Crippen LogP contribution < -0.4 is 18.9 Å². The molecule has 4 aromatic rings. The van der Waals surface area contributed by atoms with Gasteiger partial charge in [0.25, 0.3) is 0 Å². The van der Waals surface area contributed by atoms with Gasteiger partial charge in [-0.25, -0.2) is 4.79 Å². The highest BCUT2D eigenvalue weighted by Crippen LogP contribution is 2.34. The molecule has 8 heteroatoms. The summed E-state index contributed by atoms with van der Waals surface area (Å²) in [7, 11) is 0. The number of rotatable bonds is 27. The molecule has 0 amide bonds. The number of para-hydroxylation sites is 1. The van der Waals surface area contributed by atoms with Crippen LogP contribution in [0.2, 0.25) is 0 Å². The van der Waals surface area contributed by atoms with Crippen LogP contribution in [0.1, 0.15) is 118 Å². The summed E-state index contributed by atoms with van der Waals surface area (Å²) in [4.78, 5) is 23.9. The standard InChI is InChI=1S/C46H58O8/c1-3-4-5-6-7-8-10-19-29-49-42-31-41(46(48)54-36-53-37(2)47)32-43(33-42)50-30-20-11-9-18-26-40-27-21-28-44(51-34-38-22-14-12-15-23-38)45(40)52-35-39-24-16-13-17-25-39/h12-17,21-25,27-28,31-33H,3-11,18-20,26,29-30,34-36H2,1-2H3. The van der Waals surface area contributed by atoms with Crippen LogP contribution >= 0.6 is 0 Å². The maximum Gasteiger partial charge on any atom is 0.341 e. The minimum atomic E-state index is -0.611. The summed E-state index contributed by atoms with van der Waals surface area (Å²) in [6.45, 7) is 5.04. The lowest BCUT2D eigenvalue weighted by molar-refractivity contribution is -0.149. The Morgan fingerprint density at radius 2 is 1.09 bits per heavy atom. The molecule has 0 fully saturated rings. The van der Waals surface area contributed by atoms with Crippen molar-refractivity contribution in [3.8, 4) is 23.0 Å². The summed E-state index contributed by atoms with van der Waals surface area (Å²) >= 11 is 0. The maximum atomic E-state index is 12.7. The first kappa shape index (κ1) is 41.8. The fraction of sp³-hybridized carbons (Fsp3) is 0.435. The van der Waals surface area contributed by atoms with Crippen molar-refractivity contribution in [2.75, 3.05) is 20.0 Å². The number of ether oxygens (including phenoxy) is 6. The fourth-order valence-electron chi connectivity index (χ4n) is 5.99. The number of hydrogen-bond donors (Lipinski definition) is 0. The van der Waals surface area contributed by atoms with E-state index in [0.717, 1.165) is 73.1 Å². The molecule has 0 saturated carbocycles. The Bertz CT molecular complexity index is 1640. The van der Waals surface area contributed by atoms with E-state index >= 15 is 0 Å². The van der Waals surface area contributed by atoms with Crippen LogP contribution in [0.25, 0.3) is 0 Å². The Labute approximate surface area is 322 Å². The molecular weight excluding hydrogens is 680 g/mol. The molecule has 0 heterocycles.